The SMILES string of the molecule is N#CCn1cc(CO)c(-c2cnccn2)n1. The zero-order valence-corrected chi connectivity index (χ0v) is 8.41. The standard InChI is InChI=1S/C10H9N5O/c11-1-4-15-6-8(7-16)10(14-15)9-5-12-2-3-13-9/h2-3,5-6,16H,4,7H2. The van der Waals surface area contributed by atoms with E-state index in [0.29, 0.717) is 17.0 Å². The molecule has 0 amide bonds. The molecule has 0 saturated heterocycles. The van der Waals surface area contributed by atoms with Gasteiger partial charge in [-0.05, 0) is 0 Å². The van der Waals surface area contributed by atoms with Crippen LogP contribution in [0.5, 0.6) is 0 Å². The first-order valence-electron chi connectivity index (χ1n) is 4.65. The average molecular weight is 215 g/mol. The predicted molar refractivity (Wildman–Crippen MR) is 54.8 cm³/mol. The third-order valence-corrected chi connectivity index (χ3v) is 2.05. The van der Waals surface area contributed by atoms with Crippen LogP contribution in [-0.2, 0) is 13.2 Å². The second-order valence-electron chi connectivity index (χ2n) is 3.11. The highest BCUT2D eigenvalue weighted by atomic mass is 16.3. The molecule has 0 aliphatic heterocycles. The maximum Gasteiger partial charge on any atom is 0.128 e. The van der Waals surface area contributed by atoms with Crippen molar-refractivity contribution in [1.29, 1.82) is 5.26 Å². The fourth-order valence-corrected chi connectivity index (χ4v) is 1.37. The van der Waals surface area contributed by atoms with Crippen LogP contribution in [0.2, 0.25) is 0 Å². The number of aliphatic hydroxyl groups is 1. The molecule has 16 heavy (non-hydrogen) atoms. The van der Waals surface area contributed by atoms with Crippen LogP contribution in [0, 0.1) is 11.3 Å². The van der Waals surface area contributed by atoms with Crippen LogP contribution in [0.15, 0.2) is 24.8 Å². The van der Waals surface area contributed by atoms with Crippen LogP contribution >= 0.6 is 0 Å². The fourth-order valence-electron chi connectivity index (χ4n) is 1.37. The molecule has 1 N–H and O–H groups in total. The first-order chi connectivity index (χ1) is 7.85. The number of aliphatic hydroxyl groups excluding tert-OH is 1. The van der Waals surface area contributed by atoms with E-state index in [2.05, 4.69) is 15.1 Å². The van der Waals surface area contributed by atoms with Gasteiger partial charge in [-0.3, -0.25) is 14.6 Å². The van der Waals surface area contributed by atoms with E-state index in [-0.39, 0.29) is 13.2 Å². The quantitative estimate of drug-likeness (QED) is 0.798. The third kappa shape index (κ3) is 1.89. The lowest BCUT2D eigenvalue weighted by atomic mass is 10.2. The van der Waals surface area contributed by atoms with Gasteiger partial charge in [-0.2, -0.15) is 10.4 Å². The Morgan fingerprint density at radius 1 is 1.44 bits per heavy atom. The van der Waals surface area contributed by atoms with Gasteiger partial charge in [-0.15, -0.1) is 0 Å². The highest BCUT2D eigenvalue weighted by Crippen LogP contribution is 2.18. The Morgan fingerprint density at radius 3 is 2.94 bits per heavy atom. The molecule has 0 atom stereocenters. The van der Waals surface area contributed by atoms with Crippen molar-refractivity contribution in [3.05, 3.63) is 30.4 Å². The topological polar surface area (TPSA) is 87.6 Å². The highest BCUT2D eigenvalue weighted by molar-refractivity contribution is 5.56. The van der Waals surface area contributed by atoms with Gasteiger partial charge in [-0.1, -0.05) is 0 Å². The summed E-state index contributed by atoms with van der Waals surface area (Å²) < 4.78 is 1.47. The van der Waals surface area contributed by atoms with E-state index in [1.165, 1.54) is 4.68 Å². The first kappa shape index (κ1) is 10.3. The minimum atomic E-state index is -0.142. The van der Waals surface area contributed by atoms with Gasteiger partial charge < -0.3 is 5.11 Å². The molecule has 6 heteroatoms. The van der Waals surface area contributed by atoms with Crippen molar-refractivity contribution >= 4 is 0 Å². The molecule has 6 nitrogen and oxygen atoms in total. The van der Waals surface area contributed by atoms with E-state index in [0.717, 1.165) is 0 Å². The Morgan fingerprint density at radius 2 is 2.31 bits per heavy atom. The molecule has 2 aromatic rings. The lowest BCUT2D eigenvalue weighted by Gasteiger charge is -1.96. The molecular formula is C10H9N5O. The average Bonchev–Trinajstić information content (AvgIpc) is 2.74. The summed E-state index contributed by atoms with van der Waals surface area (Å²) in [6, 6.07) is 1.98. The number of hydrogen-bond donors (Lipinski definition) is 1. The Kier molecular flexibility index (Phi) is 2.89. The van der Waals surface area contributed by atoms with E-state index >= 15 is 0 Å². The van der Waals surface area contributed by atoms with E-state index in [1.807, 2.05) is 6.07 Å². The van der Waals surface area contributed by atoms with Gasteiger partial charge in [0.15, 0.2) is 0 Å². The van der Waals surface area contributed by atoms with Gasteiger partial charge in [0.1, 0.15) is 17.9 Å². The minimum absolute atomic E-state index is 0.142. The van der Waals surface area contributed by atoms with Crippen LogP contribution in [-0.4, -0.2) is 24.9 Å². The molecule has 0 aliphatic carbocycles. The number of rotatable bonds is 3. The van der Waals surface area contributed by atoms with Gasteiger partial charge in [-0.25, -0.2) is 0 Å². The maximum absolute atomic E-state index is 9.18. The monoisotopic (exact) mass is 215 g/mol. The summed E-state index contributed by atoms with van der Waals surface area (Å²) in [5.41, 5.74) is 1.78. The van der Waals surface area contributed by atoms with Crippen LogP contribution in [0.3, 0.4) is 0 Å². The zero-order chi connectivity index (χ0) is 11.4. The molecular weight excluding hydrogens is 206 g/mol. The minimum Gasteiger partial charge on any atom is -0.392 e. The molecule has 0 saturated carbocycles. The molecule has 80 valence electrons. The van der Waals surface area contributed by atoms with Crippen molar-refractivity contribution in [2.75, 3.05) is 0 Å². The van der Waals surface area contributed by atoms with Gasteiger partial charge in [0.25, 0.3) is 0 Å². The summed E-state index contributed by atoms with van der Waals surface area (Å²) in [4.78, 5) is 8.03. The first-order valence-corrected chi connectivity index (χ1v) is 4.65. The molecule has 2 rings (SSSR count). The van der Waals surface area contributed by atoms with Crippen LogP contribution < -0.4 is 0 Å². The lowest BCUT2D eigenvalue weighted by Crippen LogP contribution is -1.96. The molecule has 0 bridgehead atoms. The Balaban J connectivity index is 2.44. The second kappa shape index (κ2) is 4.51. The summed E-state index contributed by atoms with van der Waals surface area (Å²) in [5.74, 6) is 0. The van der Waals surface area contributed by atoms with Gasteiger partial charge >= 0.3 is 0 Å². The van der Waals surface area contributed by atoms with Gasteiger partial charge in [0.2, 0.25) is 0 Å². The fraction of sp³-hybridized carbons (Fsp3) is 0.200. The largest absolute Gasteiger partial charge is 0.392 e. The van der Waals surface area contributed by atoms with Crippen LogP contribution in [0.1, 0.15) is 5.56 Å². The summed E-state index contributed by atoms with van der Waals surface area (Å²) in [5, 5.41) is 21.9. The number of nitriles is 1. The Hall–Kier alpha value is -2.26. The summed E-state index contributed by atoms with van der Waals surface area (Å²) in [6.07, 6.45) is 6.32. The van der Waals surface area contributed by atoms with E-state index in [1.54, 1.807) is 24.8 Å². The highest BCUT2D eigenvalue weighted by Gasteiger charge is 2.11. The van der Waals surface area contributed by atoms with Crippen molar-refractivity contribution in [3.63, 3.8) is 0 Å². The molecule has 0 fully saturated rings. The molecule has 0 spiro atoms. The Bertz CT molecular complexity index is 514. The molecule has 2 aromatic heterocycles. The summed E-state index contributed by atoms with van der Waals surface area (Å²) in [7, 11) is 0. The van der Waals surface area contributed by atoms with Gasteiger partial charge in [0, 0.05) is 24.2 Å². The predicted octanol–water partition coefficient (Wildman–Crippen LogP) is 0.356. The summed E-state index contributed by atoms with van der Waals surface area (Å²) in [6.45, 7) is 0.00456. The third-order valence-electron chi connectivity index (χ3n) is 2.05. The van der Waals surface area contributed by atoms with Crippen molar-refractivity contribution in [2.24, 2.45) is 0 Å². The summed E-state index contributed by atoms with van der Waals surface area (Å²) >= 11 is 0. The van der Waals surface area contributed by atoms with Crippen molar-refractivity contribution in [3.8, 4) is 17.5 Å². The van der Waals surface area contributed by atoms with E-state index in [9.17, 15) is 5.11 Å². The van der Waals surface area contributed by atoms with Crippen LogP contribution in [0.25, 0.3) is 11.4 Å². The maximum atomic E-state index is 9.18. The van der Waals surface area contributed by atoms with E-state index < -0.39 is 0 Å². The van der Waals surface area contributed by atoms with Crippen molar-refractivity contribution in [1.82, 2.24) is 19.7 Å². The smallest absolute Gasteiger partial charge is 0.128 e. The van der Waals surface area contributed by atoms with Gasteiger partial charge in [0.05, 0.1) is 18.9 Å². The second-order valence-corrected chi connectivity index (χ2v) is 3.11. The molecule has 0 radical (unpaired) electrons. The number of aromatic nitrogens is 4. The lowest BCUT2D eigenvalue weighted by molar-refractivity contribution is 0.282. The normalized spacial score (nSPS) is 10.0. The molecule has 0 aliphatic rings. The Labute approximate surface area is 91.8 Å². The van der Waals surface area contributed by atoms with E-state index in [4.69, 9.17) is 5.26 Å². The number of nitrogens with zero attached hydrogens (tertiary/aromatic N) is 5. The van der Waals surface area contributed by atoms with Crippen molar-refractivity contribution < 1.29 is 5.11 Å². The molecule has 2 heterocycles. The zero-order valence-electron chi connectivity index (χ0n) is 8.41. The number of hydrogen-bond acceptors (Lipinski definition) is 5. The molecule has 0 unspecified atom stereocenters. The molecule has 0 aromatic carbocycles. The van der Waals surface area contributed by atoms with Crippen molar-refractivity contribution in [2.45, 2.75) is 13.2 Å². The van der Waals surface area contributed by atoms with Crippen LogP contribution in [0.4, 0.5) is 0 Å².